The molecule has 0 bridgehead atoms. The number of halogens is 1. The number of rotatable bonds is 3. The summed E-state index contributed by atoms with van der Waals surface area (Å²) in [6.45, 7) is 0.368. The number of nitriles is 1. The first-order valence-electron chi connectivity index (χ1n) is 5.76. The first kappa shape index (κ1) is 13.4. The highest BCUT2D eigenvalue weighted by molar-refractivity contribution is 6.31. The van der Waals surface area contributed by atoms with Crippen molar-refractivity contribution >= 4 is 11.6 Å². The van der Waals surface area contributed by atoms with Gasteiger partial charge in [0.15, 0.2) is 0 Å². The van der Waals surface area contributed by atoms with Crippen LogP contribution in [0.3, 0.4) is 0 Å². The third kappa shape index (κ3) is 2.70. The molecule has 0 radical (unpaired) electrons. The molecule has 0 aliphatic rings. The predicted molar refractivity (Wildman–Crippen MR) is 76.0 cm³/mol. The van der Waals surface area contributed by atoms with Crippen LogP contribution in [0.25, 0.3) is 11.1 Å². The van der Waals surface area contributed by atoms with Crippen molar-refractivity contribution in [3.63, 3.8) is 0 Å². The number of nitrogens with two attached hydrogens (primary N) is 1. The van der Waals surface area contributed by atoms with E-state index in [0.29, 0.717) is 22.9 Å². The minimum absolute atomic E-state index is 0.368. The van der Waals surface area contributed by atoms with Crippen molar-refractivity contribution in [2.75, 3.05) is 7.11 Å². The smallest absolute Gasteiger partial charge is 0.126 e. The summed E-state index contributed by atoms with van der Waals surface area (Å²) < 4.78 is 5.33. The molecule has 2 N–H and O–H groups in total. The van der Waals surface area contributed by atoms with Gasteiger partial charge in [0.1, 0.15) is 5.75 Å². The molecule has 0 fully saturated rings. The van der Waals surface area contributed by atoms with E-state index in [4.69, 9.17) is 27.3 Å². The van der Waals surface area contributed by atoms with Gasteiger partial charge in [-0.1, -0.05) is 17.7 Å². The summed E-state index contributed by atoms with van der Waals surface area (Å²) in [7, 11) is 1.60. The molecule has 0 saturated carbocycles. The van der Waals surface area contributed by atoms with Crippen LogP contribution >= 0.6 is 11.6 Å². The minimum atomic E-state index is 0.368. The molecule has 0 spiro atoms. The Morgan fingerprint density at radius 2 is 2.05 bits per heavy atom. The van der Waals surface area contributed by atoms with Crippen molar-refractivity contribution in [2.45, 2.75) is 6.54 Å². The molecule has 96 valence electrons. The molecule has 0 saturated heterocycles. The highest BCUT2D eigenvalue weighted by Gasteiger charge is 2.09. The van der Waals surface area contributed by atoms with E-state index in [2.05, 4.69) is 6.07 Å². The number of ether oxygens (including phenoxy) is 1. The number of benzene rings is 2. The lowest BCUT2D eigenvalue weighted by molar-refractivity contribution is 0.416. The van der Waals surface area contributed by atoms with Gasteiger partial charge in [0.25, 0.3) is 0 Å². The fourth-order valence-corrected chi connectivity index (χ4v) is 2.10. The first-order chi connectivity index (χ1) is 9.19. The summed E-state index contributed by atoms with van der Waals surface area (Å²) >= 11 is 6.05. The summed E-state index contributed by atoms with van der Waals surface area (Å²) in [5.74, 6) is 0.712. The molecule has 2 aromatic rings. The predicted octanol–water partition coefficient (Wildman–Crippen LogP) is 3.35. The van der Waals surface area contributed by atoms with Crippen LogP contribution in [0.15, 0.2) is 36.4 Å². The molecular weight excluding hydrogens is 260 g/mol. The quantitative estimate of drug-likeness (QED) is 0.932. The van der Waals surface area contributed by atoms with Gasteiger partial charge in [0, 0.05) is 17.1 Å². The number of hydrogen-bond acceptors (Lipinski definition) is 3. The monoisotopic (exact) mass is 272 g/mol. The average molecular weight is 273 g/mol. The second-order valence-corrected chi connectivity index (χ2v) is 4.44. The van der Waals surface area contributed by atoms with E-state index in [1.165, 1.54) is 0 Å². The van der Waals surface area contributed by atoms with Crippen LogP contribution in [0.2, 0.25) is 5.02 Å². The zero-order valence-electron chi connectivity index (χ0n) is 10.5. The molecule has 2 rings (SSSR count). The van der Waals surface area contributed by atoms with Crippen molar-refractivity contribution < 1.29 is 4.74 Å². The summed E-state index contributed by atoms with van der Waals surface area (Å²) in [4.78, 5) is 0. The van der Waals surface area contributed by atoms with Gasteiger partial charge in [-0.05, 0) is 41.5 Å². The zero-order chi connectivity index (χ0) is 13.8. The van der Waals surface area contributed by atoms with Crippen LogP contribution < -0.4 is 10.5 Å². The van der Waals surface area contributed by atoms with E-state index in [0.717, 1.165) is 16.7 Å². The third-order valence-corrected chi connectivity index (χ3v) is 3.27. The molecule has 0 aliphatic heterocycles. The van der Waals surface area contributed by atoms with E-state index >= 15 is 0 Å². The summed E-state index contributed by atoms with van der Waals surface area (Å²) in [6.07, 6.45) is 0. The van der Waals surface area contributed by atoms with E-state index in [1.807, 2.05) is 12.1 Å². The largest absolute Gasteiger partial charge is 0.496 e. The number of nitrogens with zero attached hydrogens (tertiary/aromatic N) is 1. The van der Waals surface area contributed by atoms with Gasteiger partial charge >= 0.3 is 0 Å². The molecule has 0 aliphatic carbocycles. The summed E-state index contributed by atoms with van der Waals surface area (Å²) in [5.41, 5.74) is 8.89. The zero-order valence-corrected chi connectivity index (χ0v) is 11.2. The molecule has 2 aromatic carbocycles. The standard InChI is InChI=1S/C15H13ClN2O/c1-19-15-5-2-10(8-17)6-13(15)11-3-4-14(16)12(7-11)9-18/h2-7H,9,18H2,1H3. The Morgan fingerprint density at radius 3 is 2.68 bits per heavy atom. The third-order valence-electron chi connectivity index (χ3n) is 2.91. The molecule has 3 nitrogen and oxygen atoms in total. The van der Waals surface area contributed by atoms with Crippen molar-refractivity contribution in [1.29, 1.82) is 5.26 Å². The van der Waals surface area contributed by atoms with Crippen LogP contribution in [0.5, 0.6) is 5.75 Å². The lowest BCUT2D eigenvalue weighted by Crippen LogP contribution is -1.98. The first-order valence-corrected chi connectivity index (χ1v) is 6.14. The highest BCUT2D eigenvalue weighted by atomic mass is 35.5. The van der Waals surface area contributed by atoms with E-state index in [9.17, 15) is 0 Å². The molecule has 0 heterocycles. The Kier molecular flexibility index (Phi) is 4.06. The van der Waals surface area contributed by atoms with Gasteiger partial charge in [-0.15, -0.1) is 0 Å². The Bertz CT molecular complexity index is 647. The van der Waals surface area contributed by atoms with Crippen molar-refractivity contribution in [3.05, 3.63) is 52.5 Å². The molecule has 0 unspecified atom stereocenters. The lowest BCUT2D eigenvalue weighted by Gasteiger charge is -2.11. The Labute approximate surface area is 117 Å². The number of hydrogen-bond donors (Lipinski definition) is 1. The van der Waals surface area contributed by atoms with E-state index < -0.39 is 0 Å². The van der Waals surface area contributed by atoms with Gasteiger partial charge in [0.05, 0.1) is 18.7 Å². The van der Waals surface area contributed by atoms with Crippen molar-refractivity contribution in [2.24, 2.45) is 5.73 Å². The topological polar surface area (TPSA) is 59.0 Å². The Morgan fingerprint density at radius 1 is 1.26 bits per heavy atom. The van der Waals surface area contributed by atoms with Crippen LogP contribution in [0.4, 0.5) is 0 Å². The SMILES string of the molecule is COc1ccc(C#N)cc1-c1ccc(Cl)c(CN)c1. The van der Waals surface area contributed by atoms with Crippen molar-refractivity contribution in [3.8, 4) is 22.9 Å². The van der Waals surface area contributed by atoms with Crippen molar-refractivity contribution in [1.82, 2.24) is 0 Å². The van der Waals surface area contributed by atoms with Gasteiger partial charge < -0.3 is 10.5 Å². The van der Waals surface area contributed by atoms with Crippen LogP contribution in [-0.4, -0.2) is 7.11 Å². The average Bonchev–Trinajstić information content (AvgIpc) is 2.47. The number of methoxy groups -OCH3 is 1. The maximum Gasteiger partial charge on any atom is 0.126 e. The normalized spacial score (nSPS) is 10.0. The van der Waals surface area contributed by atoms with Crippen LogP contribution in [0, 0.1) is 11.3 Å². The molecule has 19 heavy (non-hydrogen) atoms. The Balaban J connectivity index is 2.60. The van der Waals surface area contributed by atoms with Gasteiger partial charge in [-0.3, -0.25) is 0 Å². The molecular formula is C15H13ClN2O. The second kappa shape index (κ2) is 5.75. The summed E-state index contributed by atoms with van der Waals surface area (Å²) in [5, 5.41) is 9.63. The lowest BCUT2D eigenvalue weighted by atomic mass is 10.00. The molecule has 0 aromatic heterocycles. The van der Waals surface area contributed by atoms with E-state index in [-0.39, 0.29) is 0 Å². The molecule has 0 amide bonds. The van der Waals surface area contributed by atoms with Crippen LogP contribution in [-0.2, 0) is 6.54 Å². The summed E-state index contributed by atoms with van der Waals surface area (Å²) in [6, 6.07) is 13.0. The minimum Gasteiger partial charge on any atom is -0.496 e. The van der Waals surface area contributed by atoms with E-state index in [1.54, 1.807) is 31.4 Å². The molecule has 4 heteroatoms. The maximum atomic E-state index is 8.99. The maximum absolute atomic E-state index is 8.99. The van der Waals surface area contributed by atoms with Crippen LogP contribution in [0.1, 0.15) is 11.1 Å². The second-order valence-electron chi connectivity index (χ2n) is 4.04. The van der Waals surface area contributed by atoms with Gasteiger partial charge in [0.2, 0.25) is 0 Å². The van der Waals surface area contributed by atoms with Gasteiger partial charge in [-0.25, -0.2) is 0 Å². The highest BCUT2D eigenvalue weighted by Crippen LogP contribution is 2.32. The van der Waals surface area contributed by atoms with Gasteiger partial charge in [-0.2, -0.15) is 5.26 Å². The molecule has 0 atom stereocenters. The Hall–Kier alpha value is -2.02. The fraction of sp³-hybridized carbons (Fsp3) is 0.133. The fourth-order valence-electron chi connectivity index (χ4n) is 1.90.